The fraction of sp³-hybridized carbons (Fsp3) is 0.409. The van der Waals surface area contributed by atoms with Gasteiger partial charge in [0.15, 0.2) is 0 Å². The van der Waals surface area contributed by atoms with Gasteiger partial charge in [0.1, 0.15) is 17.0 Å². The molecule has 0 bridgehead atoms. The molecular formula is C22H26N6O8. The Morgan fingerprint density at radius 2 is 1.53 bits per heavy atom. The van der Waals surface area contributed by atoms with E-state index in [9.17, 15) is 29.1 Å². The van der Waals surface area contributed by atoms with Gasteiger partial charge in [0, 0.05) is 5.39 Å². The third-order valence-electron chi connectivity index (χ3n) is 4.34. The second-order valence-corrected chi connectivity index (χ2v) is 9.81. The van der Waals surface area contributed by atoms with Crippen LogP contribution in [-0.4, -0.2) is 54.4 Å². The Kier molecular flexibility index (Phi) is 6.73. The Morgan fingerprint density at radius 3 is 2.08 bits per heavy atom. The lowest BCUT2D eigenvalue weighted by Gasteiger charge is -2.20. The summed E-state index contributed by atoms with van der Waals surface area (Å²) >= 11 is 0. The number of hydrogen-bond donors (Lipinski definition) is 5. The first-order valence-corrected chi connectivity index (χ1v) is 10.7. The number of aromatic nitrogens is 4. The number of carbonyl (C=O) groups is 3. The molecule has 2 amide bonds. The molecule has 1 aromatic carbocycles. The van der Waals surface area contributed by atoms with E-state index in [1.54, 1.807) is 41.5 Å². The largest absolute Gasteiger partial charge is 0.481 e. The number of carbonyl (C=O) groups excluding carboxylic acids is 2. The van der Waals surface area contributed by atoms with Crippen LogP contribution in [0.2, 0.25) is 0 Å². The SMILES string of the molecule is CC(C)(C)OC(=O)Nc1nc(=O)c2c(n1)c(CC(=O)O)cc1c(NC(=O)OC(C)(C)C)[nH]c(=O)[nH]c12. The summed E-state index contributed by atoms with van der Waals surface area (Å²) in [5.74, 6) is -1.78. The molecular weight excluding hydrogens is 476 g/mol. The van der Waals surface area contributed by atoms with Gasteiger partial charge in [-0.15, -0.1) is 0 Å². The first kappa shape index (κ1) is 26.1. The number of hydrogen-bond acceptors (Lipinski definition) is 9. The molecule has 0 aliphatic heterocycles. The smallest absolute Gasteiger partial charge is 0.414 e. The zero-order valence-corrected chi connectivity index (χ0v) is 20.5. The molecule has 14 nitrogen and oxygen atoms in total. The van der Waals surface area contributed by atoms with Crippen molar-refractivity contribution in [2.75, 3.05) is 10.6 Å². The number of aromatic amines is 2. The van der Waals surface area contributed by atoms with E-state index in [4.69, 9.17) is 9.47 Å². The lowest BCUT2D eigenvalue weighted by Crippen LogP contribution is -2.29. The van der Waals surface area contributed by atoms with E-state index in [2.05, 4.69) is 30.6 Å². The number of aliphatic carboxylic acids is 1. The van der Waals surface area contributed by atoms with Crippen LogP contribution in [0, 0.1) is 0 Å². The molecule has 0 spiro atoms. The predicted octanol–water partition coefficient (Wildman–Crippen LogP) is 2.48. The molecule has 3 aromatic rings. The van der Waals surface area contributed by atoms with Crippen molar-refractivity contribution in [3.05, 3.63) is 32.5 Å². The van der Waals surface area contributed by atoms with Crippen molar-refractivity contribution in [2.45, 2.75) is 59.2 Å². The van der Waals surface area contributed by atoms with Crippen molar-refractivity contribution < 1.29 is 29.0 Å². The minimum Gasteiger partial charge on any atom is -0.481 e. The maximum atomic E-state index is 13.0. The van der Waals surface area contributed by atoms with Crippen LogP contribution in [0.25, 0.3) is 21.8 Å². The molecule has 5 N–H and O–H groups in total. The Bertz CT molecular complexity index is 1490. The number of ether oxygens (including phenoxy) is 2. The number of anilines is 2. The van der Waals surface area contributed by atoms with Crippen LogP contribution in [0.1, 0.15) is 47.1 Å². The van der Waals surface area contributed by atoms with Crippen LogP contribution in [0.3, 0.4) is 0 Å². The van der Waals surface area contributed by atoms with E-state index in [1.807, 2.05) is 0 Å². The number of carboxylic acids is 1. The summed E-state index contributed by atoms with van der Waals surface area (Å²) in [6.07, 6.45) is -2.38. The summed E-state index contributed by atoms with van der Waals surface area (Å²) < 4.78 is 10.3. The van der Waals surface area contributed by atoms with E-state index in [0.29, 0.717) is 0 Å². The van der Waals surface area contributed by atoms with Gasteiger partial charge in [0.2, 0.25) is 5.95 Å². The maximum absolute atomic E-state index is 13.0. The van der Waals surface area contributed by atoms with Crippen molar-refractivity contribution in [1.29, 1.82) is 0 Å². The highest BCUT2D eigenvalue weighted by molar-refractivity contribution is 6.10. The molecule has 0 saturated carbocycles. The Balaban J connectivity index is 2.23. The highest BCUT2D eigenvalue weighted by Gasteiger charge is 2.23. The van der Waals surface area contributed by atoms with E-state index in [-0.39, 0.29) is 33.2 Å². The summed E-state index contributed by atoms with van der Waals surface area (Å²) in [7, 11) is 0. The number of benzene rings is 1. The van der Waals surface area contributed by atoms with E-state index < -0.39 is 53.0 Å². The molecule has 36 heavy (non-hydrogen) atoms. The molecule has 3 rings (SSSR count). The molecule has 0 atom stereocenters. The van der Waals surface area contributed by atoms with Crippen LogP contribution in [0.4, 0.5) is 21.4 Å². The van der Waals surface area contributed by atoms with Gasteiger partial charge in [-0.3, -0.25) is 25.2 Å². The van der Waals surface area contributed by atoms with Crippen LogP contribution in [0.5, 0.6) is 0 Å². The maximum Gasteiger partial charge on any atom is 0.414 e. The zero-order valence-electron chi connectivity index (χ0n) is 20.5. The van der Waals surface area contributed by atoms with Crippen molar-refractivity contribution in [3.63, 3.8) is 0 Å². The molecule has 0 saturated heterocycles. The van der Waals surface area contributed by atoms with Gasteiger partial charge in [-0.2, -0.15) is 4.98 Å². The summed E-state index contributed by atoms with van der Waals surface area (Å²) in [5, 5.41) is 14.0. The number of nitrogens with one attached hydrogen (secondary N) is 4. The van der Waals surface area contributed by atoms with E-state index in [1.165, 1.54) is 6.07 Å². The highest BCUT2D eigenvalue weighted by atomic mass is 16.6. The normalized spacial score (nSPS) is 11.8. The fourth-order valence-corrected chi connectivity index (χ4v) is 3.25. The molecule has 0 aliphatic carbocycles. The van der Waals surface area contributed by atoms with Gasteiger partial charge < -0.3 is 19.6 Å². The Labute approximate surface area is 203 Å². The topological polar surface area (TPSA) is 205 Å². The van der Waals surface area contributed by atoms with Gasteiger partial charge in [-0.05, 0) is 53.2 Å². The van der Waals surface area contributed by atoms with Gasteiger partial charge in [0.25, 0.3) is 5.56 Å². The van der Waals surface area contributed by atoms with E-state index in [0.717, 1.165) is 0 Å². The van der Waals surface area contributed by atoms with Gasteiger partial charge in [-0.1, -0.05) is 0 Å². The lowest BCUT2D eigenvalue weighted by atomic mass is 10.0. The molecule has 0 aliphatic rings. The standard InChI is InChI=1S/C22H26N6O8/c1-21(2,3)35-19(33)26-15-10-7-9(8-11(29)30)13-12(14(10)24-18(32)25-15)16(31)27-17(23-13)28-20(34)36-22(4,5)6/h7H,8H2,1-6H3,(H,26,33)(H,29,30)(H2,24,25,32)(H,27,28,31,34). The Morgan fingerprint density at radius 1 is 0.944 bits per heavy atom. The number of rotatable bonds is 4. The first-order valence-electron chi connectivity index (χ1n) is 10.7. The monoisotopic (exact) mass is 502 g/mol. The molecule has 192 valence electrons. The first-order chi connectivity index (χ1) is 16.5. The van der Waals surface area contributed by atoms with Crippen LogP contribution < -0.4 is 21.9 Å². The zero-order chi connectivity index (χ0) is 27.0. The van der Waals surface area contributed by atoms with Crippen LogP contribution in [0.15, 0.2) is 15.7 Å². The fourth-order valence-electron chi connectivity index (χ4n) is 3.25. The van der Waals surface area contributed by atoms with Gasteiger partial charge in [-0.25, -0.2) is 19.4 Å². The molecule has 0 fully saturated rings. The molecule has 14 heteroatoms. The minimum absolute atomic E-state index is 0.0530. The summed E-state index contributed by atoms with van der Waals surface area (Å²) in [4.78, 5) is 74.1. The second-order valence-electron chi connectivity index (χ2n) is 9.81. The average molecular weight is 502 g/mol. The molecule has 2 heterocycles. The van der Waals surface area contributed by atoms with Gasteiger partial charge >= 0.3 is 23.8 Å². The molecule has 0 unspecified atom stereocenters. The third-order valence-corrected chi connectivity index (χ3v) is 4.34. The van der Waals surface area contributed by atoms with Crippen molar-refractivity contribution in [2.24, 2.45) is 0 Å². The number of fused-ring (bicyclic) bond motifs is 3. The highest BCUT2D eigenvalue weighted by Crippen LogP contribution is 2.28. The minimum atomic E-state index is -1.24. The number of carboxylic acid groups (broad SMARTS) is 1. The quantitative estimate of drug-likeness (QED) is 0.329. The Hall–Kier alpha value is -4.49. The summed E-state index contributed by atoms with van der Waals surface area (Å²) in [6.45, 7) is 9.86. The predicted molar refractivity (Wildman–Crippen MR) is 129 cm³/mol. The van der Waals surface area contributed by atoms with Crippen LogP contribution >= 0.6 is 0 Å². The average Bonchev–Trinajstić information content (AvgIpc) is 2.65. The number of nitrogens with zero attached hydrogens (tertiary/aromatic N) is 2. The molecule has 0 radical (unpaired) electrons. The van der Waals surface area contributed by atoms with Gasteiger partial charge in [0.05, 0.1) is 22.8 Å². The second kappa shape index (κ2) is 9.28. The number of amides is 2. The molecule has 2 aromatic heterocycles. The number of H-pyrrole nitrogens is 2. The summed E-state index contributed by atoms with van der Waals surface area (Å²) in [6, 6.07) is 1.34. The van der Waals surface area contributed by atoms with E-state index >= 15 is 0 Å². The summed E-state index contributed by atoms with van der Waals surface area (Å²) in [5.41, 5.74) is -3.47. The van der Waals surface area contributed by atoms with Crippen molar-refractivity contribution in [1.82, 2.24) is 19.9 Å². The lowest BCUT2D eigenvalue weighted by molar-refractivity contribution is -0.136. The van der Waals surface area contributed by atoms with Crippen molar-refractivity contribution in [3.8, 4) is 0 Å². The third kappa shape index (κ3) is 6.34. The van der Waals surface area contributed by atoms with Crippen molar-refractivity contribution >= 4 is 51.7 Å². The van der Waals surface area contributed by atoms with Crippen LogP contribution in [-0.2, 0) is 20.7 Å².